The molecule has 8 heteroatoms. The molecule has 1 heterocycles. The summed E-state index contributed by atoms with van der Waals surface area (Å²) in [6.07, 6.45) is 3.49. The number of aliphatic imine (C=N–C) groups is 1. The van der Waals surface area contributed by atoms with E-state index >= 15 is 0 Å². The number of anilines is 1. The van der Waals surface area contributed by atoms with Crippen LogP contribution in [0.4, 0.5) is 10.5 Å². The summed E-state index contributed by atoms with van der Waals surface area (Å²) in [6.45, 7) is 7.32. The number of carbonyl (C=O) groups is 1. The van der Waals surface area contributed by atoms with Gasteiger partial charge in [0.05, 0.1) is 0 Å². The number of nitrogens with one attached hydrogen (secondary N) is 3. The number of guanidine groups is 1. The number of ether oxygens (including phenoxy) is 1. The molecule has 29 heavy (non-hydrogen) atoms. The third-order valence-electron chi connectivity index (χ3n) is 4.87. The van der Waals surface area contributed by atoms with Gasteiger partial charge in [0.1, 0.15) is 0 Å². The molecule has 0 spiro atoms. The monoisotopic (exact) mass is 517 g/mol. The first-order valence-electron chi connectivity index (χ1n) is 10.1. The highest BCUT2D eigenvalue weighted by Gasteiger charge is 2.15. The van der Waals surface area contributed by atoms with Crippen LogP contribution in [0.15, 0.2) is 29.3 Å². The molecule has 1 aliphatic rings. The fourth-order valence-corrected chi connectivity index (χ4v) is 3.22. The summed E-state index contributed by atoms with van der Waals surface area (Å²) in [7, 11) is 3.89. The van der Waals surface area contributed by atoms with Crippen molar-refractivity contribution in [2.24, 2.45) is 10.9 Å². The van der Waals surface area contributed by atoms with E-state index in [1.165, 1.54) is 6.42 Å². The third-order valence-corrected chi connectivity index (χ3v) is 4.87. The molecule has 1 aromatic rings. The first-order valence-corrected chi connectivity index (χ1v) is 10.1. The summed E-state index contributed by atoms with van der Waals surface area (Å²) in [5, 5.41) is 9.05. The zero-order valence-corrected chi connectivity index (χ0v) is 20.4. The molecule has 1 saturated heterocycles. The molecule has 0 saturated carbocycles. The van der Waals surface area contributed by atoms with E-state index in [0.29, 0.717) is 6.54 Å². The molecule has 2 rings (SSSR count). The maximum Gasteiger partial charge on any atom is 0.319 e. The van der Waals surface area contributed by atoms with Crippen LogP contribution in [0.2, 0.25) is 0 Å². The van der Waals surface area contributed by atoms with Crippen molar-refractivity contribution in [1.82, 2.24) is 15.5 Å². The lowest BCUT2D eigenvalue weighted by Gasteiger charge is -2.26. The number of nitrogens with zero attached hydrogens (tertiary/aromatic N) is 2. The van der Waals surface area contributed by atoms with Crippen molar-refractivity contribution in [1.29, 1.82) is 0 Å². The molecule has 0 radical (unpaired) electrons. The van der Waals surface area contributed by atoms with Crippen molar-refractivity contribution in [3.05, 3.63) is 29.8 Å². The highest BCUT2D eigenvalue weighted by Crippen LogP contribution is 2.18. The van der Waals surface area contributed by atoms with E-state index in [1.54, 1.807) is 0 Å². The lowest BCUT2D eigenvalue weighted by molar-refractivity contribution is 0.0625. The van der Waals surface area contributed by atoms with E-state index in [4.69, 9.17) is 4.74 Å². The third kappa shape index (κ3) is 9.66. The van der Waals surface area contributed by atoms with Gasteiger partial charge in [-0.3, -0.25) is 4.99 Å². The molecule has 7 nitrogen and oxygen atoms in total. The topological polar surface area (TPSA) is 78.0 Å². The summed E-state index contributed by atoms with van der Waals surface area (Å²) < 4.78 is 5.43. The number of halogens is 1. The van der Waals surface area contributed by atoms with Crippen molar-refractivity contribution in [2.75, 3.05) is 39.2 Å². The summed E-state index contributed by atoms with van der Waals surface area (Å²) in [6, 6.07) is 7.76. The number of benzene rings is 1. The van der Waals surface area contributed by atoms with Gasteiger partial charge in [-0.15, -0.1) is 24.0 Å². The zero-order chi connectivity index (χ0) is 20.4. The van der Waals surface area contributed by atoms with Crippen molar-refractivity contribution < 1.29 is 9.53 Å². The Morgan fingerprint density at radius 2 is 1.90 bits per heavy atom. The van der Waals surface area contributed by atoms with Gasteiger partial charge in [-0.2, -0.15) is 0 Å². The molecular formula is C21H36IN5O2. The Hall–Kier alpha value is -1.55. The van der Waals surface area contributed by atoms with Crippen LogP contribution in [0.3, 0.4) is 0 Å². The van der Waals surface area contributed by atoms with Gasteiger partial charge >= 0.3 is 6.03 Å². The number of urea groups is 1. The van der Waals surface area contributed by atoms with E-state index in [-0.39, 0.29) is 36.0 Å². The Labute approximate surface area is 192 Å². The quantitative estimate of drug-likeness (QED) is 0.293. The molecule has 1 aliphatic heterocycles. The number of rotatable bonds is 7. The molecule has 1 fully saturated rings. The smallest absolute Gasteiger partial charge is 0.319 e. The van der Waals surface area contributed by atoms with Crippen LogP contribution in [0.5, 0.6) is 0 Å². The van der Waals surface area contributed by atoms with Crippen LogP contribution in [0.1, 0.15) is 38.7 Å². The van der Waals surface area contributed by atoms with E-state index in [0.717, 1.165) is 55.7 Å². The first-order chi connectivity index (χ1) is 13.5. The summed E-state index contributed by atoms with van der Waals surface area (Å²) >= 11 is 0. The van der Waals surface area contributed by atoms with Crippen LogP contribution in [-0.4, -0.2) is 56.8 Å². The normalized spacial score (nSPS) is 14.9. The standard InChI is InChI=1S/C21H35N5O2.HI/c1-16(2)24-21(27)25-19-7-5-18(6-8-19)15-23-20(22-3)26(4)12-9-17-10-13-28-14-11-17;/h5-8,16-17H,9-15H2,1-4H3,(H,22,23)(H2,24,25,27);1H. The lowest BCUT2D eigenvalue weighted by Crippen LogP contribution is -2.39. The highest BCUT2D eigenvalue weighted by atomic mass is 127. The summed E-state index contributed by atoms with van der Waals surface area (Å²) in [5.41, 5.74) is 1.91. The predicted molar refractivity (Wildman–Crippen MR) is 130 cm³/mol. The van der Waals surface area contributed by atoms with Crippen molar-refractivity contribution >= 4 is 41.7 Å². The molecule has 3 N–H and O–H groups in total. The first kappa shape index (κ1) is 25.5. The Balaban J connectivity index is 0.00000420. The van der Waals surface area contributed by atoms with Crippen LogP contribution in [-0.2, 0) is 11.3 Å². The molecule has 164 valence electrons. The van der Waals surface area contributed by atoms with Crippen LogP contribution in [0.25, 0.3) is 0 Å². The Morgan fingerprint density at radius 3 is 2.48 bits per heavy atom. The number of hydrogen-bond acceptors (Lipinski definition) is 3. The molecule has 0 unspecified atom stereocenters. The molecule has 0 aromatic heterocycles. The summed E-state index contributed by atoms with van der Waals surface area (Å²) in [4.78, 5) is 18.3. The number of carbonyl (C=O) groups excluding carboxylic acids is 1. The van der Waals surface area contributed by atoms with Gasteiger partial charge in [0.25, 0.3) is 0 Å². The van der Waals surface area contributed by atoms with E-state index in [9.17, 15) is 4.79 Å². The molecule has 1 aromatic carbocycles. The zero-order valence-electron chi connectivity index (χ0n) is 18.0. The Bertz CT molecular complexity index is 630. The van der Waals surface area contributed by atoms with Gasteiger partial charge in [0.15, 0.2) is 5.96 Å². The minimum absolute atomic E-state index is 0. The molecule has 2 amide bonds. The Morgan fingerprint density at radius 1 is 1.24 bits per heavy atom. The van der Waals surface area contributed by atoms with Crippen LogP contribution in [0, 0.1) is 5.92 Å². The molecule has 0 aliphatic carbocycles. The van der Waals surface area contributed by atoms with E-state index < -0.39 is 0 Å². The second kappa shape index (κ2) is 13.6. The fourth-order valence-electron chi connectivity index (χ4n) is 3.22. The largest absolute Gasteiger partial charge is 0.381 e. The van der Waals surface area contributed by atoms with Gasteiger partial charge < -0.3 is 25.6 Å². The molecular weight excluding hydrogens is 481 g/mol. The van der Waals surface area contributed by atoms with E-state index in [2.05, 4.69) is 32.9 Å². The minimum Gasteiger partial charge on any atom is -0.381 e. The predicted octanol–water partition coefficient (Wildman–Crippen LogP) is 3.66. The Kier molecular flexibility index (Phi) is 12.0. The van der Waals surface area contributed by atoms with Gasteiger partial charge in [0, 0.05) is 52.1 Å². The molecule has 0 atom stereocenters. The fraction of sp³-hybridized carbons (Fsp3) is 0.619. The molecule has 0 bridgehead atoms. The van der Waals surface area contributed by atoms with Crippen molar-refractivity contribution in [2.45, 2.75) is 45.7 Å². The van der Waals surface area contributed by atoms with Crippen molar-refractivity contribution in [3.63, 3.8) is 0 Å². The summed E-state index contributed by atoms with van der Waals surface area (Å²) in [5.74, 6) is 1.65. The van der Waals surface area contributed by atoms with Crippen LogP contribution < -0.4 is 16.0 Å². The average molecular weight is 517 g/mol. The van der Waals surface area contributed by atoms with Crippen molar-refractivity contribution in [3.8, 4) is 0 Å². The van der Waals surface area contributed by atoms with Gasteiger partial charge in [-0.05, 0) is 56.7 Å². The lowest BCUT2D eigenvalue weighted by atomic mass is 9.96. The van der Waals surface area contributed by atoms with Gasteiger partial charge in [0.2, 0.25) is 0 Å². The SMILES string of the molecule is CN=C(NCc1ccc(NC(=O)NC(C)C)cc1)N(C)CCC1CCOCC1.I. The highest BCUT2D eigenvalue weighted by molar-refractivity contribution is 14.0. The average Bonchev–Trinajstić information content (AvgIpc) is 2.68. The maximum atomic E-state index is 11.7. The van der Waals surface area contributed by atoms with Crippen LogP contribution >= 0.6 is 24.0 Å². The van der Waals surface area contributed by atoms with Gasteiger partial charge in [-0.1, -0.05) is 12.1 Å². The number of amides is 2. The number of hydrogen-bond donors (Lipinski definition) is 3. The second-order valence-electron chi connectivity index (χ2n) is 7.62. The van der Waals surface area contributed by atoms with E-state index in [1.807, 2.05) is 45.2 Å². The maximum absolute atomic E-state index is 11.7. The van der Waals surface area contributed by atoms with Gasteiger partial charge in [-0.25, -0.2) is 4.79 Å². The second-order valence-corrected chi connectivity index (χ2v) is 7.62. The minimum atomic E-state index is -0.188.